The van der Waals surface area contributed by atoms with E-state index in [1.165, 1.54) is 18.2 Å². The topological polar surface area (TPSA) is 69.6 Å². The van der Waals surface area contributed by atoms with E-state index < -0.39 is 0 Å². The van der Waals surface area contributed by atoms with Crippen LogP contribution in [0.25, 0.3) is 0 Å². The van der Waals surface area contributed by atoms with Crippen molar-refractivity contribution in [2.75, 3.05) is 11.5 Å². The highest BCUT2D eigenvalue weighted by molar-refractivity contribution is 7.99. The summed E-state index contributed by atoms with van der Waals surface area (Å²) in [5.74, 6) is 1.61. The minimum atomic E-state index is -0.278. The molecule has 1 saturated heterocycles. The summed E-state index contributed by atoms with van der Waals surface area (Å²) in [6.07, 6.45) is 1.94. The van der Waals surface area contributed by atoms with Gasteiger partial charge in [0.25, 0.3) is 5.91 Å². The molecule has 2 rings (SSSR count). The van der Waals surface area contributed by atoms with Gasteiger partial charge in [0.15, 0.2) is 0 Å². The van der Waals surface area contributed by atoms with E-state index in [2.05, 4.69) is 5.32 Å². The van der Waals surface area contributed by atoms with Crippen LogP contribution in [-0.4, -0.2) is 33.7 Å². The standard InChI is InChI=1S/C12H15NO3S/c14-9-1-2-10(11(15)7-9)12(16)13-8-3-5-17-6-4-8/h1-2,7-8,14-15H,3-6H2,(H,13,16). The van der Waals surface area contributed by atoms with Crippen molar-refractivity contribution in [3.05, 3.63) is 23.8 Å². The van der Waals surface area contributed by atoms with Crippen LogP contribution in [0.3, 0.4) is 0 Å². The zero-order valence-corrected chi connectivity index (χ0v) is 10.2. The fraction of sp³-hybridized carbons (Fsp3) is 0.417. The van der Waals surface area contributed by atoms with E-state index >= 15 is 0 Å². The van der Waals surface area contributed by atoms with Gasteiger partial charge in [0.05, 0.1) is 5.56 Å². The largest absolute Gasteiger partial charge is 0.508 e. The molecular weight excluding hydrogens is 238 g/mol. The first-order valence-corrected chi connectivity index (χ1v) is 6.73. The van der Waals surface area contributed by atoms with Crippen molar-refractivity contribution >= 4 is 17.7 Å². The summed E-state index contributed by atoms with van der Waals surface area (Å²) >= 11 is 1.89. The van der Waals surface area contributed by atoms with Crippen LogP contribution >= 0.6 is 11.8 Å². The van der Waals surface area contributed by atoms with Gasteiger partial charge in [-0.25, -0.2) is 0 Å². The third-order valence-electron chi connectivity index (χ3n) is 2.78. The summed E-state index contributed by atoms with van der Waals surface area (Å²) in [5.41, 5.74) is 0.209. The monoisotopic (exact) mass is 253 g/mol. The molecule has 5 heteroatoms. The number of benzene rings is 1. The van der Waals surface area contributed by atoms with Gasteiger partial charge in [-0.1, -0.05) is 0 Å². The number of hydrogen-bond acceptors (Lipinski definition) is 4. The van der Waals surface area contributed by atoms with Crippen LogP contribution < -0.4 is 5.32 Å². The van der Waals surface area contributed by atoms with Crippen LogP contribution in [0.5, 0.6) is 11.5 Å². The zero-order valence-electron chi connectivity index (χ0n) is 9.35. The van der Waals surface area contributed by atoms with E-state index in [1.807, 2.05) is 11.8 Å². The van der Waals surface area contributed by atoms with E-state index in [0.717, 1.165) is 24.3 Å². The molecule has 3 N–H and O–H groups in total. The lowest BCUT2D eigenvalue weighted by Gasteiger charge is -2.22. The van der Waals surface area contributed by atoms with Gasteiger partial charge in [-0.2, -0.15) is 11.8 Å². The fourth-order valence-electron chi connectivity index (χ4n) is 1.82. The van der Waals surface area contributed by atoms with E-state index in [4.69, 9.17) is 5.11 Å². The predicted octanol–water partition coefficient (Wildman–Crippen LogP) is 1.72. The second kappa shape index (κ2) is 5.31. The lowest BCUT2D eigenvalue weighted by Crippen LogP contribution is -2.37. The smallest absolute Gasteiger partial charge is 0.255 e. The Labute approximate surface area is 104 Å². The number of phenols is 2. The molecule has 1 fully saturated rings. The molecule has 0 saturated carbocycles. The zero-order chi connectivity index (χ0) is 12.3. The van der Waals surface area contributed by atoms with Crippen molar-refractivity contribution in [2.24, 2.45) is 0 Å². The van der Waals surface area contributed by atoms with Crippen molar-refractivity contribution in [2.45, 2.75) is 18.9 Å². The number of nitrogens with one attached hydrogen (secondary N) is 1. The molecule has 1 aliphatic heterocycles. The lowest BCUT2D eigenvalue weighted by molar-refractivity contribution is 0.0932. The van der Waals surface area contributed by atoms with Crippen molar-refractivity contribution in [3.63, 3.8) is 0 Å². The Balaban J connectivity index is 2.03. The molecule has 0 unspecified atom stereocenters. The highest BCUT2D eigenvalue weighted by Gasteiger charge is 2.18. The van der Waals surface area contributed by atoms with Gasteiger partial charge in [-0.15, -0.1) is 0 Å². The first-order chi connectivity index (χ1) is 8.16. The number of thioether (sulfide) groups is 1. The maximum absolute atomic E-state index is 11.9. The minimum absolute atomic E-state index is 0.0480. The number of rotatable bonds is 2. The molecule has 0 aromatic heterocycles. The predicted molar refractivity (Wildman–Crippen MR) is 67.6 cm³/mol. The third-order valence-corrected chi connectivity index (χ3v) is 3.83. The molecule has 0 spiro atoms. The lowest BCUT2D eigenvalue weighted by atomic mass is 10.1. The van der Waals surface area contributed by atoms with Crippen molar-refractivity contribution in [1.29, 1.82) is 0 Å². The summed E-state index contributed by atoms with van der Waals surface area (Å²) in [7, 11) is 0. The minimum Gasteiger partial charge on any atom is -0.508 e. The summed E-state index contributed by atoms with van der Waals surface area (Å²) in [6, 6.07) is 4.19. The number of amides is 1. The van der Waals surface area contributed by atoms with Crippen LogP contribution in [0, 0.1) is 0 Å². The molecule has 0 radical (unpaired) electrons. The molecule has 1 aliphatic rings. The second-order valence-electron chi connectivity index (χ2n) is 4.06. The Bertz CT molecular complexity index is 416. The van der Waals surface area contributed by atoms with Crippen molar-refractivity contribution in [1.82, 2.24) is 5.32 Å². The highest BCUT2D eigenvalue weighted by Crippen LogP contribution is 2.23. The Morgan fingerprint density at radius 2 is 2.00 bits per heavy atom. The third kappa shape index (κ3) is 3.06. The highest BCUT2D eigenvalue weighted by atomic mass is 32.2. The first kappa shape index (κ1) is 12.1. The number of hydrogen-bond donors (Lipinski definition) is 3. The van der Waals surface area contributed by atoms with Crippen LogP contribution in [0.2, 0.25) is 0 Å². The van der Waals surface area contributed by atoms with Crippen molar-refractivity contribution in [3.8, 4) is 11.5 Å². The Hall–Kier alpha value is -1.36. The quantitative estimate of drug-likeness (QED) is 0.750. The van der Waals surface area contributed by atoms with Gasteiger partial charge in [0.1, 0.15) is 11.5 Å². The molecule has 0 aliphatic carbocycles. The van der Waals surface area contributed by atoms with Gasteiger partial charge < -0.3 is 15.5 Å². The Morgan fingerprint density at radius 1 is 1.29 bits per heavy atom. The van der Waals surface area contributed by atoms with Gasteiger partial charge in [0.2, 0.25) is 0 Å². The molecule has 0 atom stereocenters. The van der Waals surface area contributed by atoms with Crippen LogP contribution in [0.15, 0.2) is 18.2 Å². The summed E-state index contributed by atoms with van der Waals surface area (Å²) in [5, 5.41) is 21.6. The number of carbonyl (C=O) groups is 1. The molecule has 17 heavy (non-hydrogen) atoms. The number of aromatic hydroxyl groups is 2. The molecule has 1 heterocycles. The maximum Gasteiger partial charge on any atom is 0.255 e. The van der Waals surface area contributed by atoms with Crippen molar-refractivity contribution < 1.29 is 15.0 Å². The van der Waals surface area contributed by atoms with E-state index in [1.54, 1.807) is 0 Å². The van der Waals surface area contributed by atoms with Gasteiger partial charge >= 0.3 is 0 Å². The summed E-state index contributed by atoms with van der Waals surface area (Å²) < 4.78 is 0. The van der Waals surface area contributed by atoms with E-state index in [0.29, 0.717) is 0 Å². The fourth-order valence-corrected chi connectivity index (χ4v) is 2.92. The summed E-state index contributed by atoms with van der Waals surface area (Å²) in [6.45, 7) is 0. The Morgan fingerprint density at radius 3 is 2.65 bits per heavy atom. The average molecular weight is 253 g/mol. The van der Waals surface area contributed by atoms with E-state index in [9.17, 15) is 9.90 Å². The molecule has 0 bridgehead atoms. The van der Waals surface area contributed by atoms with Gasteiger partial charge in [-0.3, -0.25) is 4.79 Å². The molecule has 4 nitrogen and oxygen atoms in total. The van der Waals surface area contributed by atoms with Gasteiger partial charge in [0, 0.05) is 12.1 Å². The molecule has 1 aromatic rings. The normalized spacial score (nSPS) is 16.7. The average Bonchev–Trinajstić information content (AvgIpc) is 2.30. The number of carbonyl (C=O) groups excluding carboxylic acids is 1. The SMILES string of the molecule is O=C(NC1CCSCC1)c1ccc(O)cc1O. The van der Waals surface area contributed by atoms with E-state index in [-0.39, 0.29) is 29.0 Å². The molecule has 1 aromatic carbocycles. The first-order valence-electron chi connectivity index (χ1n) is 5.57. The van der Waals surface area contributed by atoms with Crippen LogP contribution in [0.4, 0.5) is 0 Å². The molecule has 92 valence electrons. The van der Waals surface area contributed by atoms with Crippen LogP contribution in [-0.2, 0) is 0 Å². The Kier molecular flexibility index (Phi) is 3.78. The van der Waals surface area contributed by atoms with Crippen LogP contribution in [0.1, 0.15) is 23.2 Å². The molecular formula is C12H15NO3S. The van der Waals surface area contributed by atoms with Gasteiger partial charge in [-0.05, 0) is 36.5 Å². The summed E-state index contributed by atoms with van der Waals surface area (Å²) in [4.78, 5) is 11.9. The maximum atomic E-state index is 11.9. The number of phenolic OH excluding ortho intramolecular Hbond substituents is 2. The second-order valence-corrected chi connectivity index (χ2v) is 5.29. The molecule has 1 amide bonds.